The van der Waals surface area contributed by atoms with Gasteiger partial charge in [0.25, 0.3) is 0 Å². The van der Waals surface area contributed by atoms with Crippen molar-refractivity contribution in [3.05, 3.63) is 47.9 Å². The molecule has 1 N–H and O–H groups in total. The minimum absolute atomic E-state index is 0.119. The molecule has 2 rings (SSSR count). The highest BCUT2D eigenvalue weighted by molar-refractivity contribution is 5.93. The van der Waals surface area contributed by atoms with Crippen LogP contribution in [-0.2, 0) is 11.3 Å². The highest BCUT2D eigenvalue weighted by atomic mass is 19.1. The van der Waals surface area contributed by atoms with Crippen molar-refractivity contribution in [3.8, 4) is 0 Å². The molecule has 23 heavy (non-hydrogen) atoms. The van der Waals surface area contributed by atoms with Crippen molar-refractivity contribution in [2.75, 3.05) is 12.4 Å². The minimum Gasteiger partial charge on any atom is -0.310 e. The van der Waals surface area contributed by atoms with Crippen LogP contribution in [0.1, 0.15) is 32.4 Å². The summed E-state index contributed by atoms with van der Waals surface area (Å²) in [6, 6.07) is 8.00. The maximum Gasteiger partial charge on any atom is 0.242 e. The summed E-state index contributed by atoms with van der Waals surface area (Å²) in [5.41, 5.74) is 0.833. The highest BCUT2D eigenvalue weighted by Crippen LogP contribution is 2.14. The summed E-state index contributed by atoms with van der Waals surface area (Å²) in [7, 11) is 1.84. The van der Waals surface area contributed by atoms with Crippen LogP contribution in [0.2, 0.25) is 0 Å². The Morgan fingerprint density at radius 1 is 1.35 bits per heavy atom. The fourth-order valence-electron chi connectivity index (χ4n) is 2.32. The molecule has 1 amide bonds. The summed E-state index contributed by atoms with van der Waals surface area (Å²) in [5, 5.41) is 7.09. The molecular weight excluding hydrogens is 295 g/mol. The Balaban J connectivity index is 2.00. The Morgan fingerprint density at radius 2 is 2.09 bits per heavy atom. The van der Waals surface area contributed by atoms with Crippen molar-refractivity contribution >= 4 is 11.7 Å². The van der Waals surface area contributed by atoms with Gasteiger partial charge in [0, 0.05) is 18.7 Å². The van der Waals surface area contributed by atoms with Gasteiger partial charge in [-0.2, -0.15) is 5.10 Å². The van der Waals surface area contributed by atoms with Gasteiger partial charge in [-0.05, 0) is 45.5 Å². The lowest BCUT2D eigenvalue weighted by molar-refractivity contribution is -0.120. The second kappa shape index (κ2) is 7.37. The van der Waals surface area contributed by atoms with Gasteiger partial charge >= 0.3 is 0 Å². The fourth-order valence-corrected chi connectivity index (χ4v) is 2.32. The SMILES string of the molecule is CC(C(=O)Nc1ccnn1C(C)C)N(C)Cc1cccc(F)c1. The molecule has 0 aliphatic carbocycles. The van der Waals surface area contributed by atoms with E-state index in [1.165, 1.54) is 12.1 Å². The first kappa shape index (κ1) is 17.1. The molecule has 2 aromatic rings. The summed E-state index contributed by atoms with van der Waals surface area (Å²) in [4.78, 5) is 14.3. The molecular formula is C17H23FN4O. The standard InChI is InChI=1S/C17H23FN4O/c1-12(2)22-16(8-9-19-22)20-17(23)13(3)21(4)11-14-6-5-7-15(18)10-14/h5-10,12-13H,11H2,1-4H3,(H,20,23). The molecule has 124 valence electrons. The van der Waals surface area contributed by atoms with E-state index in [0.29, 0.717) is 12.4 Å². The van der Waals surface area contributed by atoms with E-state index >= 15 is 0 Å². The van der Waals surface area contributed by atoms with Gasteiger partial charge < -0.3 is 5.32 Å². The van der Waals surface area contributed by atoms with E-state index in [9.17, 15) is 9.18 Å². The van der Waals surface area contributed by atoms with Crippen LogP contribution >= 0.6 is 0 Å². The van der Waals surface area contributed by atoms with E-state index in [1.54, 1.807) is 23.0 Å². The Morgan fingerprint density at radius 3 is 2.74 bits per heavy atom. The molecule has 1 aromatic heterocycles. The van der Waals surface area contributed by atoms with E-state index < -0.39 is 0 Å². The maximum atomic E-state index is 13.2. The van der Waals surface area contributed by atoms with Gasteiger partial charge in [0.1, 0.15) is 11.6 Å². The Kier molecular flexibility index (Phi) is 5.50. The topological polar surface area (TPSA) is 50.2 Å². The van der Waals surface area contributed by atoms with Crippen molar-refractivity contribution in [2.45, 2.75) is 39.4 Å². The summed E-state index contributed by atoms with van der Waals surface area (Å²) >= 11 is 0. The number of carbonyl (C=O) groups excluding carboxylic acids is 1. The third kappa shape index (κ3) is 4.39. The number of hydrogen-bond acceptors (Lipinski definition) is 3. The molecule has 5 nitrogen and oxygen atoms in total. The predicted molar refractivity (Wildman–Crippen MR) is 88.6 cm³/mol. The van der Waals surface area contributed by atoms with Crippen LogP contribution in [0.4, 0.5) is 10.2 Å². The van der Waals surface area contributed by atoms with Crippen molar-refractivity contribution < 1.29 is 9.18 Å². The third-order valence-electron chi connectivity index (χ3n) is 3.77. The zero-order valence-electron chi connectivity index (χ0n) is 14.0. The summed E-state index contributed by atoms with van der Waals surface area (Å²) < 4.78 is 15.0. The maximum absolute atomic E-state index is 13.2. The first-order chi connectivity index (χ1) is 10.9. The molecule has 0 bridgehead atoms. The lowest BCUT2D eigenvalue weighted by Crippen LogP contribution is -2.39. The number of carbonyl (C=O) groups is 1. The van der Waals surface area contributed by atoms with Crippen LogP contribution in [0.25, 0.3) is 0 Å². The Hall–Kier alpha value is -2.21. The molecule has 1 aromatic carbocycles. The molecule has 0 radical (unpaired) electrons. The van der Waals surface area contributed by atoms with E-state index in [0.717, 1.165) is 5.56 Å². The molecule has 6 heteroatoms. The van der Waals surface area contributed by atoms with Crippen molar-refractivity contribution in [1.29, 1.82) is 0 Å². The molecule has 0 saturated heterocycles. The average Bonchev–Trinajstić information content (AvgIpc) is 2.94. The van der Waals surface area contributed by atoms with Crippen molar-refractivity contribution in [1.82, 2.24) is 14.7 Å². The summed E-state index contributed by atoms with van der Waals surface area (Å²) in [6.07, 6.45) is 1.66. The predicted octanol–water partition coefficient (Wildman–Crippen LogP) is 3.06. The number of aromatic nitrogens is 2. The number of benzene rings is 1. The molecule has 0 saturated carbocycles. The number of hydrogen-bond donors (Lipinski definition) is 1. The molecule has 1 heterocycles. The number of nitrogens with zero attached hydrogens (tertiary/aromatic N) is 3. The number of nitrogens with one attached hydrogen (secondary N) is 1. The van der Waals surface area contributed by atoms with Gasteiger partial charge in [0.15, 0.2) is 0 Å². The monoisotopic (exact) mass is 318 g/mol. The van der Waals surface area contributed by atoms with Crippen LogP contribution < -0.4 is 5.32 Å². The number of rotatable bonds is 6. The van der Waals surface area contributed by atoms with E-state index in [1.807, 2.05) is 38.8 Å². The third-order valence-corrected chi connectivity index (χ3v) is 3.77. The van der Waals surface area contributed by atoms with Gasteiger partial charge in [0.2, 0.25) is 5.91 Å². The molecule has 0 aliphatic heterocycles. The lowest BCUT2D eigenvalue weighted by atomic mass is 10.2. The fraction of sp³-hybridized carbons (Fsp3) is 0.412. The smallest absolute Gasteiger partial charge is 0.242 e. The second-order valence-corrected chi connectivity index (χ2v) is 5.97. The first-order valence-corrected chi connectivity index (χ1v) is 7.67. The van der Waals surface area contributed by atoms with E-state index in [2.05, 4.69) is 10.4 Å². The van der Waals surface area contributed by atoms with Crippen molar-refractivity contribution in [3.63, 3.8) is 0 Å². The lowest BCUT2D eigenvalue weighted by Gasteiger charge is -2.24. The molecule has 1 atom stereocenters. The average molecular weight is 318 g/mol. The van der Waals surface area contributed by atoms with Crippen molar-refractivity contribution in [2.24, 2.45) is 0 Å². The normalized spacial score (nSPS) is 12.7. The van der Waals surface area contributed by atoms with Crippen LogP contribution in [0, 0.1) is 5.82 Å². The van der Waals surface area contributed by atoms with Gasteiger partial charge in [-0.1, -0.05) is 12.1 Å². The van der Waals surface area contributed by atoms with Gasteiger partial charge in [0.05, 0.1) is 12.2 Å². The minimum atomic E-state index is -0.353. The van der Waals surface area contributed by atoms with E-state index in [4.69, 9.17) is 0 Å². The summed E-state index contributed by atoms with van der Waals surface area (Å²) in [5.74, 6) is 0.288. The number of halogens is 1. The summed E-state index contributed by atoms with van der Waals surface area (Å²) in [6.45, 7) is 6.32. The van der Waals surface area contributed by atoms with Crippen LogP contribution in [0.3, 0.4) is 0 Å². The Bertz CT molecular complexity index is 668. The van der Waals surface area contributed by atoms with Crippen LogP contribution in [0.15, 0.2) is 36.5 Å². The quantitative estimate of drug-likeness (QED) is 0.890. The van der Waals surface area contributed by atoms with E-state index in [-0.39, 0.29) is 23.8 Å². The van der Waals surface area contributed by atoms with Gasteiger partial charge in [-0.15, -0.1) is 0 Å². The number of likely N-dealkylation sites (N-methyl/N-ethyl adjacent to an activating group) is 1. The zero-order chi connectivity index (χ0) is 17.0. The molecule has 1 unspecified atom stereocenters. The highest BCUT2D eigenvalue weighted by Gasteiger charge is 2.20. The number of anilines is 1. The zero-order valence-corrected chi connectivity index (χ0v) is 14.0. The number of amides is 1. The van der Waals surface area contributed by atoms with Gasteiger partial charge in [-0.3, -0.25) is 9.69 Å². The second-order valence-electron chi connectivity index (χ2n) is 5.97. The Labute approximate surface area is 136 Å². The molecule has 0 spiro atoms. The largest absolute Gasteiger partial charge is 0.310 e. The van der Waals surface area contributed by atoms with Gasteiger partial charge in [-0.25, -0.2) is 9.07 Å². The van der Waals surface area contributed by atoms with Crippen LogP contribution in [-0.4, -0.2) is 33.7 Å². The molecule has 0 fully saturated rings. The van der Waals surface area contributed by atoms with Crippen LogP contribution in [0.5, 0.6) is 0 Å². The molecule has 0 aliphatic rings. The first-order valence-electron chi connectivity index (χ1n) is 7.67.